The van der Waals surface area contributed by atoms with Gasteiger partial charge in [0.05, 0.1) is 11.7 Å². The van der Waals surface area contributed by atoms with Crippen molar-refractivity contribution in [2.75, 3.05) is 0 Å². The summed E-state index contributed by atoms with van der Waals surface area (Å²) >= 11 is 0. The van der Waals surface area contributed by atoms with Crippen LogP contribution in [0.15, 0.2) is 24.4 Å². The number of hydroxylamine groups is 2. The Morgan fingerprint density at radius 3 is 2.85 bits per heavy atom. The van der Waals surface area contributed by atoms with E-state index in [9.17, 15) is 5.21 Å². The molecule has 13 heavy (non-hydrogen) atoms. The Morgan fingerprint density at radius 2 is 2.31 bits per heavy atom. The minimum atomic E-state index is 0.155. The quantitative estimate of drug-likeness (QED) is 0.695. The maximum absolute atomic E-state index is 11.5. The monoisotopic (exact) mass is 180 g/mol. The van der Waals surface area contributed by atoms with E-state index in [-0.39, 0.29) is 11.1 Å². The first-order chi connectivity index (χ1) is 6.24. The number of pyridine rings is 1. The average Bonchev–Trinajstić information content (AvgIpc) is 2.18. The normalized spacial score (nSPS) is 15.3. The van der Waals surface area contributed by atoms with E-state index >= 15 is 0 Å². The van der Waals surface area contributed by atoms with Crippen molar-refractivity contribution in [3.05, 3.63) is 35.3 Å². The Bertz CT molecular complexity index is 238. The summed E-state index contributed by atoms with van der Waals surface area (Å²) in [6.07, 6.45) is 2.63. The third-order valence-electron chi connectivity index (χ3n) is 2.24. The number of hydrogen-bond donors (Lipinski definition) is 1. The molecular formula is C10H16N2O. The Hall–Kier alpha value is -0.930. The summed E-state index contributed by atoms with van der Waals surface area (Å²) < 4.78 is 0. The van der Waals surface area contributed by atoms with Crippen LogP contribution in [-0.4, -0.2) is 11.0 Å². The van der Waals surface area contributed by atoms with Crippen LogP contribution in [0.3, 0.4) is 0 Å². The molecule has 1 aromatic heterocycles. The van der Waals surface area contributed by atoms with Crippen molar-refractivity contribution in [1.82, 2.24) is 4.98 Å². The lowest BCUT2D eigenvalue weighted by Gasteiger charge is -2.27. The highest BCUT2D eigenvalue weighted by Crippen LogP contribution is 1.91. The second-order valence-corrected chi connectivity index (χ2v) is 3.27. The van der Waals surface area contributed by atoms with E-state index in [1.165, 1.54) is 0 Å². The van der Waals surface area contributed by atoms with Crippen molar-refractivity contribution in [2.45, 2.75) is 32.9 Å². The molecule has 0 amide bonds. The van der Waals surface area contributed by atoms with Crippen molar-refractivity contribution in [3.63, 3.8) is 0 Å². The number of nitrogens with zero attached hydrogens (tertiary/aromatic N) is 1. The summed E-state index contributed by atoms with van der Waals surface area (Å²) in [5.74, 6) is 0. The fourth-order valence-corrected chi connectivity index (χ4v) is 1.08. The molecule has 0 aliphatic rings. The zero-order valence-electron chi connectivity index (χ0n) is 8.16. The van der Waals surface area contributed by atoms with Gasteiger partial charge >= 0.3 is 0 Å². The number of aromatic nitrogens is 1. The predicted octanol–water partition coefficient (Wildman–Crippen LogP) is 0.763. The molecule has 0 spiro atoms. The number of nitrogens with one attached hydrogen (secondary N) is 1. The van der Waals surface area contributed by atoms with Crippen molar-refractivity contribution >= 4 is 0 Å². The average molecular weight is 180 g/mol. The highest BCUT2D eigenvalue weighted by Gasteiger charge is 2.07. The Balaban J connectivity index is 2.50. The molecule has 0 radical (unpaired) electrons. The zero-order chi connectivity index (χ0) is 9.68. The molecule has 1 aromatic rings. The van der Waals surface area contributed by atoms with Gasteiger partial charge in [-0.25, -0.2) is 0 Å². The third-order valence-corrected chi connectivity index (χ3v) is 2.24. The molecule has 1 N–H and O–H groups in total. The van der Waals surface area contributed by atoms with Gasteiger partial charge in [-0.05, 0) is 25.5 Å². The van der Waals surface area contributed by atoms with Crippen molar-refractivity contribution in [2.24, 2.45) is 0 Å². The zero-order valence-corrected chi connectivity index (χ0v) is 8.16. The number of rotatable bonds is 4. The predicted molar refractivity (Wildman–Crippen MR) is 52.0 cm³/mol. The van der Waals surface area contributed by atoms with E-state index in [0.717, 1.165) is 12.1 Å². The summed E-state index contributed by atoms with van der Waals surface area (Å²) in [6.45, 7) is 4.46. The van der Waals surface area contributed by atoms with Crippen LogP contribution < -0.4 is 5.06 Å². The van der Waals surface area contributed by atoms with Crippen LogP contribution >= 0.6 is 0 Å². The molecule has 0 saturated heterocycles. The molecule has 2 atom stereocenters. The van der Waals surface area contributed by atoms with Gasteiger partial charge in [0.15, 0.2) is 0 Å². The van der Waals surface area contributed by atoms with Crippen LogP contribution in [0.5, 0.6) is 0 Å². The molecule has 0 aliphatic heterocycles. The van der Waals surface area contributed by atoms with Gasteiger partial charge in [0.1, 0.15) is 6.54 Å². The van der Waals surface area contributed by atoms with Gasteiger partial charge in [0.25, 0.3) is 0 Å². The largest absolute Gasteiger partial charge is 0.634 e. The third kappa shape index (κ3) is 3.13. The van der Waals surface area contributed by atoms with Crippen LogP contribution in [0.1, 0.15) is 26.0 Å². The molecule has 0 saturated carbocycles. The van der Waals surface area contributed by atoms with Crippen molar-refractivity contribution < 1.29 is 5.06 Å². The van der Waals surface area contributed by atoms with Gasteiger partial charge in [-0.15, -0.1) is 0 Å². The van der Waals surface area contributed by atoms with Gasteiger partial charge < -0.3 is 10.3 Å². The van der Waals surface area contributed by atoms with Crippen LogP contribution in [0.4, 0.5) is 0 Å². The maximum atomic E-state index is 11.5. The van der Waals surface area contributed by atoms with Crippen LogP contribution in [0, 0.1) is 5.21 Å². The van der Waals surface area contributed by atoms with Crippen LogP contribution in [0.25, 0.3) is 0 Å². The Labute approximate surface area is 79.0 Å². The molecule has 0 aliphatic carbocycles. The fourth-order valence-electron chi connectivity index (χ4n) is 1.08. The van der Waals surface area contributed by atoms with Crippen molar-refractivity contribution in [1.29, 1.82) is 0 Å². The second-order valence-electron chi connectivity index (χ2n) is 3.27. The first-order valence-corrected chi connectivity index (χ1v) is 4.66. The van der Waals surface area contributed by atoms with Crippen LogP contribution in [-0.2, 0) is 6.54 Å². The molecule has 1 rings (SSSR count). The standard InChI is InChI=1S/C10H16N2O/c1-3-9(2)12(13)8-10-6-4-5-7-11-10/h4-7,9,12H,3,8H2,1-2H3. The lowest BCUT2D eigenvalue weighted by atomic mass is 10.2. The minimum Gasteiger partial charge on any atom is -0.634 e. The Morgan fingerprint density at radius 1 is 1.54 bits per heavy atom. The van der Waals surface area contributed by atoms with Gasteiger partial charge in [-0.3, -0.25) is 4.98 Å². The second kappa shape index (κ2) is 4.94. The minimum absolute atomic E-state index is 0.155. The first-order valence-electron chi connectivity index (χ1n) is 4.66. The molecule has 2 unspecified atom stereocenters. The first kappa shape index (κ1) is 10.2. The summed E-state index contributed by atoms with van der Waals surface area (Å²) in [5.41, 5.74) is 0.868. The lowest BCUT2D eigenvalue weighted by Crippen LogP contribution is -3.09. The summed E-state index contributed by atoms with van der Waals surface area (Å²) in [6, 6.07) is 5.81. The summed E-state index contributed by atoms with van der Waals surface area (Å²) in [4.78, 5) is 4.11. The highest BCUT2D eigenvalue weighted by molar-refractivity contribution is 5.01. The molecule has 3 heteroatoms. The molecule has 3 nitrogen and oxygen atoms in total. The molecule has 0 fully saturated rings. The molecule has 0 aromatic carbocycles. The maximum Gasteiger partial charge on any atom is 0.120 e. The summed E-state index contributed by atoms with van der Waals surface area (Å²) in [5, 5.41) is 11.8. The number of quaternary nitrogens is 1. The Kier molecular flexibility index (Phi) is 3.86. The smallest absolute Gasteiger partial charge is 0.120 e. The lowest BCUT2D eigenvalue weighted by molar-refractivity contribution is -0.887. The van der Waals surface area contributed by atoms with Gasteiger partial charge in [-0.2, -0.15) is 0 Å². The molecule has 0 bridgehead atoms. The van der Waals surface area contributed by atoms with E-state index in [1.54, 1.807) is 6.20 Å². The van der Waals surface area contributed by atoms with Crippen molar-refractivity contribution in [3.8, 4) is 0 Å². The topological polar surface area (TPSA) is 40.4 Å². The van der Waals surface area contributed by atoms with E-state index < -0.39 is 0 Å². The SMILES string of the molecule is CCC(C)[NH+]([O-])Cc1ccccn1. The van der Waals surface area contributed by atoms with E-state index in [2.05, 4.69) is 4.98 Å². The summed E-state index contributed by atoms with van der Waals surface area (Å²) in [7, 11) is 0. The van der Waals surface area contributed by atoms with E-state index in [0.29, 0.717) is 6.54 Å². The molecule has 72 valence electrons. The van der Waals surface area contributed by atoms with Gasteiger partial charge in [0, 0.05) is 6.20 Å². The van der Waals surface area contributed by atoms with Gasteiger partial charge in [0.2, 0.25) is 0 Å². The molecule has 1 heterocycles. The fraction of sp³-hybridized carbons (Fsp3) is 0.500. The molecular weight excluding hydrogens is 164 g/mol. The number of hydrogen-bond acceptors (Lipinski definition) is 2. The van der Waals surface area contributed by atoms with E-state index in [4.69, 9.17) is 0 Å². The van der Waals surface area contributed by atoms with Crippen LogP contribution in [0.2, 0.25) is 0 Å². The highest BCUT2D eigenvalue weighted by atomic mass is 16.5. The van der Waals surface area contributed by atoms with E-state index in [1.807, 2.05) is 32.0 Å². The van der Waals surface area contributed by atoms with Gasteiger partial charge in [-0.1, -0.05) is 13.0 Å².